The standard InChI is InChI=1S/C13H9F3O5S/c1-7-9-5-3-2-4-8(9)6-10(11(7)12(17)18)21-22(19,20)13(14,15)16/h2-6H,1H3,(H,17,18). The molecule has 0 fully saturated rings. The van der Waals surface area contributed by atoms with E-state index in [-0.39, 0.29) is 5.56 Å². The molecule has 2 rings (SSSR count). The molecule has 9 heteroatoms. The van der Waals surface area contributed by atoms with Gasteiger partial charge in [0.05, 0.1) is 0 Å². The molecule has 0 aromatic heterocycles. The Balaban J connectivity index is 2.73. The summed E-state index contributed by atoms with van der Waals surface area (Å²) in [5, 5.41) is 9.98. The molecule has 118 valence electrons. The van der Waals surface area contributed by atoms with E-state index in [0.717, 1.165) is 6.07 Å². The molecule has 0 unspecified atom stereocenters. The number of benzene rings is 2. The van der Waals surface area contributed by atoms with Crippen molar-refractivity contribution in [3.05, 3.63) is 41.5 Å². The highest BCUT2D eigenvalue weighted by atomic mass is 32.2. The summed E-state index contributed by atoms with van der Waals surface area (Å²) in [6.45, 7) is 1.36. The van der Waals surface area contributed by atoms with Gasteiger partial charge in [-0.3, -0.25) is 0 Å². The summed E-state index contributed by atoms with van der Waals surface area (Å²) in [5.74, 6) is -2.46. The van der Waals surface area contributed by atoms with Crippen molar-refractivity contribution in [2.24, 2.45) is 0 Å². The van der Waals surface area contributed by atoms with E-state index in [1.807, 2.05) is 0 Å². The van der Waals surface area contributed by atoms with Gasteiger partial charge in [0.1, 0.15) is 5.56 Å². The zero-order valence-corrected chi connectivity index (χ0v) is 11.8. The first-order valence-corrected chi connectivity index (χ1v) is 7.22. The topological polar surface area (TPSA) is 80.7 Å². The minimum absolute atomic E-state index is 0.109. The highest BCUT2D eigenvalue weighted by Crippen LogP contribution is 2.34. The maximum absolute atomic E-state index is 12.4. The largest absolute Gasteiger partial charge is 0.534 e. The third kappa shape index (κ3) is 2.71. The number of halogens is 3. The van der Waals surface area contributed by atoms with Crippen molar-refractivity contribution in [2.45, 2.75) is 12.4 Å². The number of aryl methyl sites for hydroxylation is 1. The Morgan fingerprint density at radius 1 is 1.23 bits per heavy atom. The van der Waals surface area contributed by atoms with Crippen molar-refractivity contribution in [3.8, 4) is 5.75 Å². The Bertz CT molecular complexity index is 856. The van der Waals surface area contributed by atoms with Gasteiger partial charge >= 0.3 is 21.6 Å². The number of aromatic carboxylic acids is 1. The van der Waals surface area contributed by atoms with Crippen LogP contribution in [-0.2, 0) is 10.1 Å². The number of hydrogen-bond acceptors (Lipinski definition) is 4. The lowest BCUT2D eigenvalue weighted by atomic mass is 9.99. The third-order valence-corrected chi connectivity index (χ3v) is 3.94. The first kappa shape index (κ1) is 16.1. The van der Waals surface area contributed by atoms with Crippen LogP contribution in [0.3, 0.4) is 0 Å². The number of carboxylic acid groups (broad SMARTS) is 1. The van der Waals surface area contributed by atoms with Crippen molar-refractivity contribution in [2.75, 3.05) is 0 Å². The number of rotatable bonds is 3. The van der Waals surface area contributed by atoms with Gasteiger partial charge in [-0.2, -0.15) is 21.6 Å². The van der Waals surface area contributed by atoms with Crippen molar-refractivity contribution < 1.29 is 35.7 Å². The van der Waals surface area contributed by atoms with Crippen LogP contribution in [0, 0.1) is 6.92 Å². The molecule has 5 nitrogen and oxygen atoms in total. The van der Waals surface area contributed by atoms with Crippen molar-refractivity contribution in [1.29, 1.82) is 0 Å². The highest BCUT2D eigenvalue weighted by molar-refractivity contribution is 7.88. The Morgan fingerprint density at radius 3 is 2.36 bits per heavy atom. The summed E-state index contributed by atoms with van der Waals surface area (Å²) in [4.78, 5) is 11.3. The maximum Gasteiger partial charge on any atom is 0.534 e. The van der Waals surface area contributed by atoms with E-state index < -0.39 is 32.9 Å². The lowest BCUT2D eigenvalue weighted by Gasteiger charge is -2.14. The molecular weight excluding hydrogens is 325 g/mol. The quantitative estimate of drug-likeness (QED) is 0.689. The van der Waals surface area contributed by atoms with Crippen LogP contribution in [0.25, 0.3) is 10.8 Å². The average molecular weight is 334 g/mol. The van der Waals surface area contributed by atoms with Crippen molar-refractivity contribution in [1.82, 2.24) is 0 Å². The van der Waals surface area contributed by atoms with Gasteiger partial charge in [-0.05, 0) is 29.3 Å². The molecule has 22 heavy (non-hydrogen) atoms. The molecular formula is C13H9F3O5S. The Kier molecular flexibility index (Phi) is 3.78. The Labute approximate surface area is 123 Å². The SMILES string of the molecule is Cc1c(C(=O)O)c(OS(=O)(=O)C(F)(F)F)cc2ccccc12. The van der Waals surface area contributed by atoms with Crippen LogP contribution in [0.1, 0.15) is 15.9 Å². The summed E-state index contributed by atoms with van der Waals surface area (Å²) in [7, 11) is -5.96. The molecule has 2 aromatic rings. The zero-order valence-electron chi connectivity index (χ0n) is 11.0. The van der Waals surface area contributed by atoms with Gasteiger partial charge in [0.15, 0.2) is 5.75 Å². The smallest absolute Gasteiger partial charge is 0.478 e. The Morgan fingerprint density at radius 2 is 1.82 bits per heavy atom. The van der Waals surface area contributed by atoms with E-state index in [1.54, 1.807) is 18.2 Å². The van der Waals surface area contributed by atoms with E-state index >= 15 is 0 Å². The lowest BCUT2D eigenvalue weighted by Crippen LogP contribution is -2.28. The second-order valence-electron chi connectivity index (χ2n) is 4.38. The molecule has 0 bridgehead atoms. The fourth-order valence-electron chi connectivity index (χ4n) is 1.99. The zero-order chi connectivity index (χ0) is 16.7. The lowest BCUT2D eigenvalue weighted by molar-refractivity contribution is -0.0500. The van der Waals surface area contributed by atoms with Gasteiger partial charge in [0.25, 0.3) is 0 Å². The molecule has 0 radical (unpaired) electrons. The number of alkyl halides is 3. The molecule has 0 amide bonds. The third-order valence-electron chi connectivity index (χ3n) is 2.97. The predicted molar refractivity (Wildman–Crippen MR) is 71.2 cm³/mol. The predicted octanol–water partition coefficient (Wildman–Crippen LogP) is 3.07. The number of carbonyl (C=O) groups is 1. The molecule has 0 atom stereocenters. The first-order chi connectivity index (χ1) is 10.0. The van der Waals surface area contributed by atoms with Gasteiger partial charge in [-0.25, -0.2) is 4.79 Å². The second-order valence-corrected chi connectivity index (χ2v) is 5.92. The van der Waals surface area contributed by atoms with E-state index in [1.165, 1.54) is 13.0 Å². The molecule has 0 aliphatic rings. The molecule has 0 spiro atoms. The van der Waals surface area contributed by atoms with Gasteiger partial charge < -0.3 is 9.29 Å². The monoisotopic (exact) mass is 334 g/mol. The Hall–Kier alpha value is -2.29. The minimum Gasteiger partial charge on any atom is -0.478 e. The minimum atomic E-state index is -5.96. The van der Waals surface area contributed by atoms with E-state index in [2.05, 4.69) is 4.18 Å². The van der Waals surface area contributed by atoms with Gasteiger partial charge in [0, 0.05) is 0 Å². The van der Waals surface area contributed by atoms with Crippen LogP contribution in [-0.4, -0.2) is 25.0 Å². The fraction of sp³-hybridized carbons (Fsp3) is 0.154. The van der Waals surface area contributed by atoms with Crippen molar-refractivity contribution in [3.63, 3.8) is 0 Å². The number of hydrogen-bond donors (Lipinski definition) is 1. The first-order valence-electron chi connectivity index (χ1n) is 5.81. The van der Waals surface area contributed by atoms with Crippen LogP contribution in [0.15, 0.2) is 30.3 Å². The molecule has 1 N–H and O–H groups in total. The molecule has 2 aromatic carbocycles. The molecule has 0 heterocycles. The average Bonchev–Trinajstić information content (AvgIpc) is 2.36. The van der Waals surface area contributed by atoms with Crippen LogP contribution in [0.5, 0.6) is 5.75 Å². The normalized spacial score (nSPS) is 12.4. The molecule has 0 aliphatic heterocycles. The highest BCUT2D eigenvalue weighted by Gasteiger charge is 2.49. The number of fused-ring (bicyclic) bond motifs is 1. The molecule has 0 saturated heterocycles. The van der Waals surface area contributed by atoms with Crippen LogP contribution in [0.2, 0.25) is 0 Å². The van der Waals surface area contributed by atoms with Crippen LogP contribution >= 0.6 is 0 Å². The van der Waals surface area contributed by atoms with Gasteiger partial charge in [0.2, 0.25) is 0 Å². The van der Waals surface area contributed by atoms with E-state index in [9.17, 15) is 26.4 Å². The van der Waals surface area contributed by atoms with Gasteiger partial charge in [-0.15, -0.1) is 0 Å². The van der Waals surface area contributed by atoms with Crippen LogP contribution in [0.4, 0.5) is 13.2 Å². The second kappa shape index (κ2) is 5.16. The maximum atomic E-state index is 12.4. The number of carboxylic acids is 1. The van der Waals surface area contributed by atoms with Gasteiger partial charge in [-0.1, -0.05) is 24.3 Å². The fourth-order valence-corrected chi connectivity index (χ4v) is 2.46. The summed E-state index contributed by atoms with van der Waals surface area (Å²) in [6, 6.07) is 7.22. The summed E-state index contributed by atoms with van der Waals surface area (Å²) < 4.78 is 63.4. The summed E-state index contributed by atoms with van der Waals surface area (Å²) in [6.07, 6.45) is 0. The van der Waals surface area contributed by atoms with Crippen LogP contribution < -0.4 is 4.18 Å². The summed E-state index contributed by atoms with van der Waals surface area (Å²) in [5.41, 5.74) is -6.17. The summed E-state index contributed by atoms with van der Waals surface area (Å²) >= 11 is 0. The molecule has 0 aliphatic carbocycles. The molecule has 0 saturated carbocycles. The van der Waals surface area contributed by atoms with Crippen molar-refractivity contribution >= 4 is 26.9 Å². The van der Waals surface area contributed by atoms with E-state index in [0.29, 0.717) is 10.8 Å². The van der Waals surface area contributed by atoms with E-state index in [4.69, 9.17) is 5.11 Å².